The van der Waals surface area contributed by atoms with Crippen LogP contribution in [-0.4, -0.2) is 63.7 Å². The number of hydrogen-bond acceptors (Lipinski definition) is 5. The average molecular weight is 416 g/mol. The van der Waals surface area contributed by atoms with Crippen molar-refractivity contribution in [2.24, 2.45) is 0 Å². The molecule has 0 spiro atoms. The third-order valence-electron chi connectivity index (χ3n) is 5.78. The van der Waals surface area contributed by atoms with Crippen LogP contribution in [0, 0.1) is 11.3 Å². The van der Waals surface area contributed by atoms with Crippen LogP contribution in [0.4, 0.5) is 0 Å². The van der Waals surface area contributed by atoms with Crippen LogP contribution in [0.3, 0.4) is 0 Å². The molecule has 4 rings (SSSR count). The van der Waals surface area contributed by atoms with Gasteiger partial charge in [-0.05, 0) is 43.3 Å². The Kier molecular flexibility index (Phi) is 5.69. The molecule has 1 N–H and O–H groups in total. The van der Waals surface area contributed by atoms with Gasteiger partial charge in [-0.2, -0.15) is 5.26 Å². The molecule has 0 saturated carbocycles. The molecule has 0 radical (unpaired) electrons. The molecule has 3 aromatic rings. The van der Waals surface area contributed by atoms with Gasteiger partial charge in [-0.15, -0.1) is 0 Å². The van der Waals surface area contributed by atoms with Crippen LogP contribution in [0.2, 0.25) is 0 Å². The van der Waals surface area contributed by atoms with Gasteiger partial charge in [0.1, 0.15) is 0 Å². The van der Waals surface area contributed by atoms with E-state index in [9.17, 15) is 9.59 Å². The van der Waals surface area contributed by atoms with Crippen LogP contribution in [0.5, 0.6) is 0 Å². The Morgan fingerprint density at radius 2 is 2.06 bits per heavy atom. The van der Waals surface area contributed by atoms with Crippen LogP contribution < -0.4 is 5.56 Å². The second kappa shape index (κ2) is 8.58. The SMILES string of the molecule is CN1CCC(N(C)C(=O)c2ccc(-n3[nH]cc(-c4ccc(CC#N)cc4)c3=O)nc2)C1. The summed E-state index contributed by atoms with van der Waals surface area (Å²) in [5, 5.41) is 11.7. The van der Waals surface area contributed by atoms with Crippen LogP contribution in [-0.2, 0) is 6.42 Å². The first-order chi connectivity index (χ1) is 15.0. The Bertz CT molecular complexity index is 1170. The summed E-state index contributed by atoms with van der Waals surface area (Å²) in [5.74, 6) is 0.341. The van der Waals surface area contributed by atoms with E-state index in [0.717, 1.165) is 30.6 Å². The van der Waals surface area contributed by atoms with E-state index >= 15 is 0 Å². The first kappa shape index (κ1) is 20.6. The number of benzene rings is 1. The minimum absolute atomic E-state index is 0.0728. The van der Waals surface area contributed by atoms with E-state index < -0.39 is 0 Å². The Morgan fingerprint density at radius 3 is 2.68 bits per heavy atom. The fourth-order valence-corrected chi connectivity index (χ4v) is 3.88. The number of hydrogen-bond donors (Lipinski definition) is 1. The highest BCUT2D eigenvalue weighted by Gasteiger charge is 2.27. The van der Waals surface area contributed by atoms with Crippen molar-refractivity contribution in [3.63, 3.8) is 0 Å². The topological polar surface area (TPSA) is 98.0 Å². The van der Waals surface area contributed by atoms with Crippen LogP contribution in [0.15, 0.2) is 53.6 Å². The highest BCUT2D eigenvalue weighted by atomic mass is 16.2. The van der Waals surface area contributed by atoms with Gasteiger partial charge in [0, 0.05) is 32.0 Å². The van der Waals surface area contributed by atoms with E-state index in [4.69, 9.17) is 5.26 Å². The number of rotatable bonds is 5. The summed E-state index contributed by atoms with van der Waals surface area (Å²) in [4.78, 5) is 34.0. The van der Waals surface area contributed by atoms with E-state index in [1.807, 2.05) is 31.3 Å². The standard InChI is InChI=1S/C23H24N6O2/c1-27-12-10-19(15-27)28(2)22(30)18-7-8-21(25-13-18)29-23(31)20(14-26-29)17-5-3-16(4-6-17)9-11-24/h3-8,13-14,19,26H,9-10,12,15H2,1-2H3. The fourth-order valence-electron chi connectivity index (χ4n) is 3.88. The van der Waals surface area contributed by atoms with Gasteiger partial charge in [-0.1, -0.05) is 24.3 Å². The number of pyridine rings is 1. The number of H-pyrrole nitrogens is 1. The van der Waals surface area contributed by atoms with Crippen molar-refractivity contribution >= 4 is 5.91 Å². The molecule has 3 heterocycles. The zero-order valence-corrected chi connectivity index (χ0v) is 17.6. The molecule has 158 valence electrons. The summed E-state index contributed by atoms with van der Waals surface area (Å²) in [6.07, 6.45) is 4.44. The van der Waals surface area contributed by atoms with Crippen molar-refractivity contribution in [3.8, 4) is 23.0 Å². The lowest BCUT2D eigenvalue weighted by atomic mass is 10.1. The van der Waals surface area contributed by atoms with Crippen LogP contribution in [0.25, 0.3) is 16.9 Å². The summed E-state index contributed by atoms with van der Waals surface area (Å²) < 4.78 is 1.35. The van der Waals surface area contributed by atoms with Gasteiger partial charge < -0.3 is 9.80 Å². The number of carbonyl (C=O) groups excluding carboxylic acids is 1. The molecule has 1 unspecified atom stereocenters. The Hall–Kier alpha value is -3.70. The number of carbonyl (C=O) groups is 1. The van der Waals surface area contributed by atoms with Gasteiger partial charge in [0.15, 0.2) is 5.82 Å². The zero-order valence-electron chi connectivity index (χ0n) is 17.6. The molecule has 1 saturated heterocycles. The number of amides is 1. The van der Waals surface area contributed by atoms with Gasteiger partial charge in [-0.25, -0.2) is 9.67 Å². The zero-order chi connectivity index (χ0) is 22.0. The largest absolute Gasteiger partial charge is 0.337 e. The smallest absolute Gasteiger partial charge is 0.280 e. The lowest BCUT2D eigenvalue weighted by Crippen LogP contribution is -2.38. The van der Waals surface area contributed by atoms with Crippen molar-refractivity contribution in [1.82, 2.24) is 24.6 Å². The average Bonchev–Trinajstić information content (AvgIpc) is 3.39. The van der Waals surface area contributed by atoms with E-state index in [2.05, 4.69) is 28.1 Å². The van der Waals surface area contributed by atoms with E-state index in [1.54, 1.807) is 23.2 Å². The molecular formula is C23H24N6O2. The molecular weight excluding hydrogens is 392 g/mol. The van der Waals surface area contributed by atoms with E-state index in [1.165, 1.54) is 10.9 Å². The maximum absolute atomic E-state index is 12.9. The van der Waals surface area contributed by atoms with Crippen LogP contribution in [0.1, 0.15) is 22.3 Å². The predicted octanol–water partition coefficient (Wildman–Crippen LogP) is 2.07. The molecule has 0 bridgehead atoms. The number of nitriles is 1. The number of nitrogens with zero attached hydrogens (tertiary/aromatic N) is 5. The third-order valence-corrected chi connectivity index (χ3v) is 5.78. The van der Waals surface area contributed by atoms with E-state index in [0.29, 0.717) is 23.4 Å². The molecule has 8 heteroatoms. The van der Waals surface area contributed by atoms with Gasteiger partial charge in [0.25, 0.3) is 11.5 Å². The fraction of sp³-hybridized carbons (Fsp3) is 0.304. The summed E-state index contributed by atoms with van der Waals surface area (Å²) in [5.41, 5.74) is 2.44. The van der Waals surface area contributed by atoms with Gasteiger partial charge >= 0.3 is 0 Å². The van der Waals surface area contributed by atoms with Gasteiger partial charge in [0.2, 0.25) is 0 Å². The summed E-state index contributed by atoms with van der Waals surface area (Å²) in [7, 11) is 3.88. The maximum atomic E-state index is 12.9. The Balaban J connectivity index is 1.53. The molecule has 2 aromatic heterocycles. The molecule has 1 aliphatic rings. The molecule has 1 amide bonds. The lowest BCUT2D eigenvalue weighted by molar-refractivity contribution is 0.0737. The highest BCUT2D eigenvalue weighted by molar-refractivity contribution is 5.94. The number of nitrogens with one attached hydrogen (secondary N) is 1. The van der Waals surface area contributed by atoms with Crippen molar-refractivity contribution < 1.29 is 4.79 Å². The Morgan fingerprint density at radius 1 is 1.29 bits per heavy atom. The Labute approximate surface area is 180 Å². The molecule has 1 aromatic carbocycles. The quantitative estimate of drug-likeness (QED) is 0.687. The molecule has 8 nitrogen and oxygen atoms in total. The molecule has 1 fully saturated rings. The van der Waals surface area contributed by atoms with Crippen LogP contribution >= 0.6 is 0 Å². The number of aromatic amines is 1. The summed E-state index contributed by atoms with van der Waals surface area (Å²) in [6.45, 7) is 1.85. The predicted molar refractivity (Wildman–Crippen MR) is 117 cm³/mol. The molecule has 0 aliphatic carbocycles. The minimum Gasteiger partial charge on any atom is -0.337 e. The van der Waals surface area contributed by atoms with Gasteiger partial charge in [-0.3, -0.25) is 14.7 Å². The first-order valence-corrected chi connectivity index (χ1v) is 10.2. The second-order valence-corrected chi connectivity index (χ2v) is 7.89. The summed E-state index contributed by atoms with van der Waals surface area (Å²) >= 11 is 0. The molecule has 1 aliphatic heterocycles. The summed E-state index contributed by atoms with van der Waals surface area (Å²) in [6, 6.07) is 13.0. The highest BCUT2D eigenvalue weighted by Crippen LogP contribution is 2.18. The maximum Gasteiger partial charge on any atom is 0.280 e. The first-order valence-electron chi connectivity index (χ1n) is 10.2. The lowest BCUT2D eigenvalue weighted by Gasteiger charge is -2.24. The number of aromatic nitrogens is 3. The normalized spacial score (nSPS) is 16.2. The molecule has 31 heavy (non-hydrogen) atoms. The van der Waals surface area contributed by atoms with Crippen molar-refractivity contribution in [2.75, 3.05) is 27.2 Å². The molecule has 1 atom stereocenters. The van der Waals surface area contributed by atoms with Crippen molar-refractivity contribution in [1.29, 1.82) is 5.26 Å². The number of likely N-dealkylation sites (N-methyl/N-ethyl adjacent to an activating group) is 2. The van der Waals surface area contributed by atoms with E-state index in [-0.39, 0.29) is 17.5 Å². The van der Waals surface area contributed by atoms with Crippen molar-refractivity contribution in [3.05, 3.63) is 70.3 Å². The third kappa shape index (κ3) is 4.13. The second-order valence-electron chi connectivity index (χ2n) is 7.89. The number of likely N-dealkylation sites (tertiary alicyclic amines) is 1. The van der Waals surface area contributed by atoms with Gasteiger partial charge in [0.05, 0.1) is 23.6 Å². The van der Waals surface area contributed by atoms with Crippen molar-refractivity contribution in [2.45, 2.75) is 18.9 Å². The minimum atomic E-state index is -0.231. The monoisotopic (exact) mass is 416 g/mol.